The Morgan fingerprint density at radius 2 is 1.85 bits per heavy atom. The molecule has 0 radical (unpaired) electrons. The lowest BCUT2D eigenvalue weighted by Crippen LogP contribution is -2.34. The van der Waals surface area contributed by atoms with Crippen molar-refractivity contribution in [3.05, 3.63) is 72.3 Å². The average Bonchev–Trinajstić information content (AvgIpc) is 2.68. The maximum Gasteiger partial charge on any atom is 0.315 e. The third kappa shape index (κ3) is 7.44. The SMILES string of the molecule is C=CCOc1ccccc1CNC(=O)NCc1cccc(OCC(C)C)c1. The highest BCUT2D eigenvalue weighted by Crippen LogP contribution is 2.17. The number of rotatable bonds is 10. The van der Waals surface area contributed by atoms with Crippen LogP contribution in [0.5, 0.6) is 11.5 Å². The standard InChI is InChI=1S/C22H28N2O3/c1-4-12-26-21-11-6-5-9-19(21)15-24-22(25)23-14-18-8-7-10-20(13-18)27-16-17(2)3/h4-11,13,17H,1,12,14-16H2,2-3H3,(H2,23,24,25). The average molecular weight is 368 g/mol. The van der Waals surface area contributed by atoms with Crippen molar-refractivity contribution >= 4 is 6.03 Å². The normalized spacial score (nSPS) is 10.3. The second kappa shape index (κ2) is 10.9. The molecule has 27 heavy (non-hydrogen) atoms. The summed E-state index contributed by atoms with van der Waals surface area (Å²) in [5.41, 5.74) is 1.90. The molecule has 2 N–H and O–H groups in total. The summed E-state index contributed by atoms with van der Waals surface area (Å²) in [7, 11) is 0. The first kappa shape index (κ1) is 20.4. The van der Waals surface area contributed by atoms with E-state index in [0.717, 1.165) is 22.6 Å². The second-order valence-corrected chi connectivity index (χ2v) is 6.60. The highest BCUT2D eigenvalue weighted by atomic mass is 16.5. The Bertz CT molecular complexity index is 744. The minimum atomic E-state index is -0.234. The third-order valence-corrected chi connectivity index (χ3v) is 3.70. The van der Waals surface area contributed by atoms with Gasteiger partial charge in [0, 0.05) is 18.7 Å². The van der Waals surface area contributed by atoms with E-state index in [4.69, 9.17) is 9.47 Å². The van der Waals surface area contributed by atoms with Gasteiger partial charge in [-0.15, -0.1) is 0 Å². The molecular formula is C22H28N2O3. The van der Waals surface area contributed by atoms with Gasteiger partial charge in [0.25, 0.3) is 0 Å². The van der Waals surface area contributed by atoms with Crippen LogP contribution >= 0.6 is 0 Å². The van der Waals surface area contributed by atoms with E-state index in [0.29, 0.717) is 32.2 Å². The van der Waals surface area contributed by atoms with Crippen molar-refractivity contribution in [1.82, 2.24) is 10.6 Å². The molecule has 0 bridgehead atoms. The van der Waals surface area contributed by atoms with E-state index >= 15 is 0 Å². The lowest BCUT2D eigenvalue weighted by atomic mass is 10.2. The van der Waals surface area contributed by atoms with Gasteiger partial charge in [-0.05, 0) is 29.7 Å². The zero-order valence-corrected chi connectivity index (χ0v) is 16.0. The molecule has 0 aromatic heterocycles. The molecule has 2 aromatic rings. The van der Waals surface area contributed by atoms with Crippen molar-refractivity contribution < 1.29 is 14.3 Å². The van der Waals surface area contributed by atoms with Crippen LogP contribution in [0.3, 0.4) is 0 Å². The number of hydrogen-bond donors (Lipinski definition) is 2. The monoisotopic (exact) mass is 368 g/mol. The lowest BCUT2D eigenvalue weighted by Gasteiger charge is -2.12. The van der Waals surface area contributed by atoms with Gasteiger partial charge >= 0.3 is 6.03 Å². The molecule has 0 heterocycles. The van der Waals surface area contributed by atoms with Gasteiger partial charge in [0.1, 0.15) is 18.1 Å². The Kier molecular flexibility index (Phi) is 8.23. The van der Waals surface area contributed by atoms with E-state index < -0.39 is 0 Å². The smallest absolute Gasteiger partial charge is 0.315 e. The Hall–Kier alpha value is -2.95. The number of carbonyl (C=O) groups is 1. The molecular weight excluding hydrogens is 340 g/mol. The van der Waals surface area contributed by atoms with E-state index in [1.807, 2.05) is 48.5 Å². The first-order chi connectivity index (χ1) is 13.1. The first-order valence-corrected chi connectivity index (χ1v) is 9.13. The molecule has 0 spiro atoms. The molecule has 5 heteroatoms. The molecule has 0 saturated carbocycles. The van der Waals surface area contributed by atoms with Crippen molar-refractivity contribution in [2.75, 3.05) is 13.2 Å². The summed E-state index contributed by atoms with van der Waals surface area (Å²) in [6, 6.07) is 15.1. The van der Waals surface area contributed by atoms with Gasteiger partial charge in [-0.3, -0.25) is 0 Å². The molecule has 144 valence electrons. The van der Waals surface area contributed by atoms with Crippen LogP contribution in [0.15, 0.2) is 61.2 Å². The molecule has 0 aliphatic rings. The highest BCUT2D eigenvalue weighted by Gasteiger charge is 2.06. The van der Waals surface area contributed by atoms with E-state index in [1.54, 1.807) is 6.08 Å². The maximum atomic E-state index is 12.1. The van der Waals surface area contributed by atoms with Gasteiger partial charge in [-0.2, -0.15) is 0 Å². The largest absolute Gasteiger partial charge is 0.493 e. The fourth-order valence-electron chi connectivity index (χ4n) is 2.37. The molecule has 2 rings (SSSR count). The minimum absolute atomic E-state index is 0.234. The number of benzene rings is 2. The topological polar surface area (TPSA) is 59.6 Å². The van der Waals surface area contributed by atoms with Crippen LogP contribution in [0.2, 0.25) is 0 Å². The third-order valence-electron chi connectivity index (χ3n) is 3.70. The van der Waals surface area contributed by atoms with Gasteiger partial charge < -0.3 is 20.1 Å². The summed E-state index contributed by atoms with van der Waals surface area (Å²) in [5.74, 6) is 2.03. The molecule has 0 fully saturated rings. The molecule has 2 aromatic carbocycles. The Labute approximate surface area is 161 Å². The van der Waals surface area contributed by atoms with Gasteiger partial charge in [0.15, 0.2) is 0 Å². The highest BCUT2D eigenvalue weighted by molar-refractivity contribution is 5.73. The van der Waals surface area contributed by atoms with Crippen LogP contribution in [-0.4, -0.2) is 19.2 Å². The number of amides is 2. The molecule has 2 amide bonds. The summed E-state index contributed by atoms with van der Waals surface area (Å²) >= 11 is 0. The zero-order chi connectivity index (χ0) is 19.5. The second-order valence-electron chi connectivity index (χ2n) is 6.60. The molecule has 0 aliphatic heterocycles. The van der Waals surface area contributed by atoms with Gasteiger partial charge in [-0.1, -0.05) is 56.8 Å². The van der Waals surface area contributed by atoms with Crippen molar-refractivity contribution in [3.63, 3.8) is 0 Å². The van der Waals surface area contributed by atoms with Crippen LogP contribution in [0.1, 0.15) is 25.0 Å². The Balaban J connectivity index is 1.81. The summed E-state index contributed by atoms with van der Waals surface area (Å²) in [4.78, 5) is 12.1. The van der Waals surface area contributed by atoms with Crippen molar-refractivity contribution in [2.45, 2.75) is 26.9 Å². The van der Waals surface area contributed by atoms with Crippen LogP contribution in [-0.2, 0) is 13.1 Å². The number of para-hydroxylation sites is 1. The summed E-state index contributed by atoms with van der Waals surface area (Å²) in [5, 5.41) is 5.71. The van der Waals surface area contributed by atoms with Crippen LogP contribution in [0.25, 0.3) is 0 Å². The van der Waals surface area contributed by atoms with Crippen LogP contribution in [0, 0.1) is 5.92 Å². The maximum absolute atomic E-state index is 12.1. The molecule has 5 nitrogen and oxygen atoms in total. The fraction of sp³-hybridized carbons (Fsp3) is 0.318. The van der Waals surface area contributed by atoms with Crippen molar-refractivity contribution in [2.24, 2.45) is 5.92 Å². The number of nitrogens with one attached hydrogen (secondary N) is 2. The minimum Gasteiger partial charge on any atom is -0.493 e. The summed E-state index contributed by atoms with van der Waals surface area (Å²) < 4.78 is 11.3. The van der Waals surface area contributed by atoms with E-state index in [9.17, 15) is 4.79 Å². The fourth-order valence-corrected chi connectivity index (χ4v) is 2.37. The Morgan fingerprint density at radius 1 is 1.07 bits per heavy atom. The lowest BCUT2D eigenvalue weighted by molar-refractivity contribution is 0.240. The van der Waals surface area contributed by atoms with Gasteiger partial charge in [0.05, 0.1) is 6.61 Å². The summed E-state index contributed by atoms with van der Waals surface area (Å²) in [6.07, 6.45) is 1.69. The van der Waals surface area contributed by atoms with Crippen LogP contribution in [0.4, 0.5) is 4.79 Å². The van der Waals surface area contributed by atoms with Gasteiger partial charge in [-0.25, -0.2) is 4.79 Å². The molecule has 0 saturated heterocycles. The number of ether oxygens (including phenoxy) is 2. The van der Waals surface area contributed by atoms with Crippen LogP contribution < -0.4 is 20.1 Å². The number of urea groups is 1. The van der Waals surface area contributed by atoms with Crippen molar-refractivity contribution in [3.8, 4) is 11.5 Å². The summed E-state index contributed by atoms with van der Waals surface area (Å²) in [6.45, 7) is 9.78. The molecule has 0 atom stereocenters. The first-order valence-electron chi connectivity index (χ1n) is 9.13. The predicted octanol–water partition coefficient (Wildman–Crippen LogP) is 4.29. The Morgan fingerprint density at radius 3 is 2.63 bits per heavy atom. The number of hydrogen-bond acceptors (Lipinski definition) is 3. The zero-order valence-electron chi connectivity index (χ0n) is 16.0. The number of carbonyl (C=O) groups excluding carboxylic acids is 1. The molecule has 0 unspecified atom stereocenters. The van der Waals surface area contributed by atoms with Gasteiger partial charge in [0.2, 0.25) is 0 Å². The van der Waals surface area contributed by atoms with E-state index in [2.05, 4.69) is 31.1 Å². The van der Waals surface area contributed by atoms with Crippen molar-refractivity contribution in [1.29, 1.82) is 0 Å². The predicted molar refractivity (Wildman–Crippen MR) is 108 cm³/mol. The van der Waals surface area contributed by atoms with E-state index in [-0.39, 0.29) is 6.03 Å². The quantitative estimate of drug-likeness (QED) is 0.615. The van der Waals surface area contributed by atoms with E-state index in [1.165, 1.54) is 0 Å². The molecule has 0 aliphatic carbocycles.